The van der Waals surface area contributed by atoms with E-state index in [2.05, 4.69) is 107 Å². The van der Waals surface area contributed by atoms with Gasteiger partial charge in [-0.25, -0.2) is 9.37 Å². The Morgan fingerprint density at radius 3 is 2.22 bits per heavy atom. The Hall–Kier alpha value is -3.80. The molecule has 0 unspecified atom stereocenters. The van der Waals surface area contributed by atoms with E-state index in [9.17, 15) is 4.39 Å². The van der Waals surface area contributed by atoms with Crippen LogP contribution in [0.3, 0.4) is 0 Å². The summed E-state index contributed by atoms with van der Waals surface area (Å²) in [7, 11) is -1.20. The SMILES string of the molecule is CCCCN(CCO[Si](c1ccccc1)(c1ccccc1)C(C)(C)C)c1nc(N)nc2cn(Cc3c(F)cc(Br)cc3OC)nc12. The number of aromatic nitrogens is 4. The van der Waals surface area contributed by atoms with Gasteiger partial charge >= 0.3 is 0 Å². The quantitative estimate of drug-likeness (QED) is 0.139. The standard InChI is InChI=1S/C35H42BrFN6O2Si/c1-6-7-18-42(19-20-45-46(35(2,3)4,26-14-10-8-11-15-26)27-16-12-9-13-17-27)33-32-30(39-34(38)40-33)24-43(41-32)23-28-29(37)21-25(36)22-31(28)44-5/h8-17,21-22,24H,6-7,18-20,23H2,1-5H3,(H2,38,39). The van der Waals surface area contributed by atoms with Crippen LogP contribution in [0.1, 0.15) is 46.1 Å². The molecule has 0 aliphatic heterocycles. The molecule has 0 spiro atoms. The minimum Gasteiger partial charge on any atom is -0.496 e. The van der Waals surface area contributed by atoms with E-state index >= 15 is 0 Å². The highest BCUT2D eigenvalue weighted by atomic mass is 79.9. The van der Waals surface area contributed by atoms with Gasteiger partial charge in [-0.2, -0.15) is 10.1 Å². The molecule has 0 saturated heterocycles. The van der Waals surface area contributed by atoms with E-state index in [0.717, 1.165) is 19.4 Å². The topological polar surface area (TPSA) is 91.3 Å². The molecule has 0 aliphatic carbocycles. The summed E-state index contributed by atoms with van der Waals surface area (Å²) < 4.78 is 29.9. The fraction of sp³-hybridized carbons (Fsp3) is 0.343. The van der Waals surface area contributed by atoms with Crippen LogP contribution in [0.2, 0.25) is 5.04 Å². The molecule has 2 N–H and O–H groups in total. The third-order valence-corrected chi connectivity index (χ3v) is 13.7. The lowest BCUT2D eigenvalue weighted by molar-refractivity contribution is 0.303. The maximum Gasteiger partial charge on any atom is 0.261 e. The lowest BCUT2D eigenvalue weighted by atomic mass is 10.2. The van der Waals surface area contributed by atoms with Crippen molar-refractivity contribution in [2.45, 2.75) is 52.1 Å². The van der Waals surface area contributed by atoms with Crippen LogP contribution in [0.15, 0.2) is 83.5 Å². The summed E-state index contributed by atoms with van der Waals surface area (Å²) in [4.78, 5) is 11.4. The third kappa shape index (κ3) is 6.96. The summed E-state index contributed by atoms with van der Waals surface area (Å²) in [6, 6.07) is 24.4. The van der Waals surface area contributed by atoms with Crippen LogP contribution in [0.5, 0.6) is 5.75 Å². The number of rotatable bonds is 13. The van der Waals surface area contributed by atoms with Crippen molar-refractivity contribution >= 4 is 57.4 Å². The minimum atomic E-state index is -2.73. The second-order valence-electron chi connectivity index (χ2n) is 12.4. The van der Waals surface area contributed by atoms with Gasteiger partial charge in [0.25, 0.3) is 8.32 Å². The van der Waals surface area contributed by atoms with Crippen LogP contribution in [-0.2, 0) is 11.0 Å². The fourth-order valence-electron chi connectivity index (χ4n) is 6.08. The molecule has 0 bridgehead atoms. The van der Waals surface area contributed by atoms with Gasteiger partial charge in [-0.15, -0.1) is 0 Å². The average Bonchev–Trinajstić information content (AvgIpc) is 3.44. The maximum atomic E-state index is 15.0. The molecule has 0 fully saturated rings. The molecule has 2 heterocycles. The Morgan fingerprint density at radius 2 is 1.63 bits per heavy atom. The average molecular weight is 706 g/mol. The molecule has 0 amide bonds. The number of nitrogens with zero attached hydrogens (tertiary/aromatic N) is 5. The van der Waals surface area contributed by atoms with Crippen LogP contribution >= 0.6 is 15.9 Å². The Morgan fingerprint density at radius 1 is 0.978 bits per heavy atom. The van der Waals surface area contributed by atoms with Crippen LogP contribution in [-0.4, -0.2) is 54.9 Å². The molecule has 0 saturated carbocycles. The Labute approximate surface area is 280 Å². The van der Waals surface area contributed by atoms with E-state index in [0.29, 0.717) is 45.8 Å². The molecule has 8 nitrogen and oxygen atoms in total. The van der Waals surface area contributed by atoms with Crippen LogP contribution < -0.4 is 25.7 Å². The fourth-order valence-corrected chi connectivity index (χ4v) is 11.0. The molecular formula is C35H42BrFN6O2Si. The van der Waals surface area contributed by atoms with Gasteiger partial charge in [0.2, 0.25) is 5.95 Å². The number of hydrogen-bond donors (Lipinski definition) is 1. The number of methoxy groups -OCH3 is 1. The number of anilines is 2. The summed E-state index contributed by atoms with van der Waals surface area (Å²) in [5.41, 5.74) is 7.84. The van der Waals surface area contributed by atoms with E-state index in [1.165, 1.54) is 23.5 Å². The molecule has 0 aliphatic rings. The Balaban J connectivity index is 1.50. The molecule has 11 heteroatoms. The van der Waals surface area contributed by atoms with Crippen LogP contribution in [0.4, 0.5) is 16.2 Å². The molecule has 46 heavy (non-hydrogen) atoms. The number of fused-ring (bicyclic) bond motifs is 1. The first-order valence-corrected chi connectivity index (χ1v) is 18.3. The summed E-state index contributed by atoms with van der Waals surface area (Å²) in [6.45, 7) is 11.0. The second-order valence-corrected chi connectivity index (χ2v) is 17.6. The van der Waals surface area contributed by atoms with Crippen molar-refractivity contribution in [3.63, 3.8) is 0 Å². The first-order chi connectivity index (χ1) is 22.1. The van der Waals surface area contributed by atoms with Crippen LogP contribution in [0.25, 0.3) is 11.0 Å². The van der Waals surface area contributed by atoms with Crippen molar-refractivity contribution in [2.24, 2.45) is 0 Å². The minimum absolute atomic E-state index is 0.140. The van der Waals surface area contributed by atoms with E-state index in [1.54, 1.807) is 16.9 Å². The molecule has 5 rings (SSSR count). The van der Waals surface area contributed by atoms with E-state index in [-0.39, 0.29) is 23.3 Å². The van der Waals surface area contributed by atoms with Crippen molar-refractivity contribution in [1.29, 1.82) is 0 Å². The zero-order valence-corrected chi connectivity index (χ0v) is 29.7. The first-order valence-electron chi connectivity index (χ1n) is 15.6. The first kappa shape index (κ1) is 33.6. The third-order valence-electron chi connectivity index (χ3n) is 8.25. The summed E-state index contributed by atoms with van der Waals surface area (Å²) in [6.07, 6.45) is 3.73. The summed E-state index contributed by atoms with van der Waals surface area (Å²) >= 11 is 3.34. The van der Waals surface area contributed by atoms with Crippen molar-refractivity contribution < 1.29 is 13.6 Å². The maximum absolute atomic E-state index is 15.0. The van der Waals surface area contributed by atoms with Gasteiger partial charge in [0, 0.05) is 17.6 Å². The molecule has 2 aromatic heterocycles. The van der Waals surface area contributed by atoms with Gasteiger partial charge in [-0.1, -0.05) is 111 Å². The number of unbranched alkanes of at least 4 members (excludes halogenated alkanes) is 1. The molecule has 3 aromatic carbocycles. The number of halogens is 2. The highest BCUT2D eigenvalue weighted by Gasteiger charge is 2.50. The smallest absolute Gasteiger partial charge is 0.261 e. The van der Waals surface area contributed by atoms with E-state index in [4.69, 9.17) is 20.0 Å². The zero-order valence-electron chi connectivity index (χ0n) is 27.1. The van der Waals surface area contributed by atoms with Gasteiger partial charge in [0.15, 0.2) is 11.3 Å². The Kier molecular flexibility index (Phi) is 10.4. The van der Waals surface area contributed by atoms with Gasteiger partial charge in [-0.05, 0) is 34.0 Å². The highest BCUT2D eigenvalue weighted by molar-refractivity contribution is 9.10. The number of benzene rings is 3. The van der Waals surface area contributed by atoms with E-state index < -0.39 is 8.32 Å². The molecule has 0 atom stereocenters. The molecule has 5 aromatic rings. The van der Waals surface area contributed by atoms with E-state index in [1.807, 2.05) is 12.1 Å². The highest BCUT2D eigenvalue weighted by Crippen LogP contribution is 2.37. The van der Waals surface area contributed by atoms with Crippen molar-refractivity contribution in [2.75, 3.05) is 37.4 Å². The van der Waals surface area contributed by atoms with Gasteiger partial charge in [0.1, 0.15) is 17.1 Å². The summed E-state index contributed by atoms with van der Waals surface area (Å²) in [5.74, 6) is 0.844. The molecule has 242 valence electrons. The number of hydrogen-bond acceptors (Lipinski definition) is 7. The normalized spacial score (nSPS) is 12.1. The van der Waals surface area contributed by atoms with Crippen molar-refractivity contribution in [3.8, 4) is 5.75 Å². The molecule has 0 radical (unpaired) electrons. The van der Waals surface area contributed by atoms with Crippen molar-refractivity contribution in [3.05, 3.63) is 94.8 Å². The zero-order chi connectivity index (χ0) is 32.9. The largest absolute Gasteiger partial charge is 0.496 e. The van der Waals surface area contributed by atoms with Gasteiger partial charge in [0.05, 0.1) is 32.0 Å². The van der Waals surface area contributed by atoms with Gasteiger partial charge in [-0.3, -0.25) is 4.68 Å². The van der Waals surface area contributed by atoms with Gasteiger partial charge < -0.3 is 19.8 Å². The van der Waals surface area contributed by atoms with Crippen molar-refractivity contribution in [1.82, 2.24) is 19.7 Å². The second kappa shape index (κ2) is 14.3. The number of nitrogens with two attached hydrogens (primary N) is 1. The van der Waals surface area contributed by atoms with Crippen LogP contribution in [0, 0.1) is 5.82 Å². The lowest BCUT2D eigenvalue weighted by Gasteiger charge is -2.43. The Bertz CT molecular complexity index is 1730. The predicted octanol–water partition coefficient (Wildman–Crippen LogP) is 6.55. The predicted molar refractivity (Wildman–Crippen MR) is 190 cm³/mol. The lowest BCUT2D eigenvalue weighted by Crippen LogP contribution is -2.67. The number of nitrogen functional groups attached to an aromatic ring is 1. The number of ether oxygens (including phenoxy) is 1. The summed E-state index contributed by atoms with van der Waals surface area (Å²) in [5, 5.41) is 7.16. The monoisotopic (exact) mass is 704 g/mol. The molecular weight excluding hydrogens is 663 g/mol.